The summed E-state index contributed by atoms with van der Waals surface area (Å²) in [5.41, 5.74) is 5.99. The first-order valence-electron chi connectivity index (χ1n) is 6.13. The molecule has 0 bridgehead atoms. The molecule has 0 spiro atoms. The van der Waals surface area contributed by atoms with E-state index in [0.29, 0.717) is 24.0 Å². The first kappa shape index (κ1) is 14.8. The van der Waals surface area contributed by atoms with Crippen molar-refractivity contribution < 1.29 is 8.42 Å². The lowest BCUT2D eigenvalue weighted by Crippen LogP contribution is -2.24. The molecule has 9 heteroatoms. The fourth-order valence-corrected chi connectivity index (χ4v) is 3.53. The number of nitrogen functional groups attached to an aromatic ring is 1. The van der Waals surface area contributed by atoms with Crippen LogP contribution in [-0.4, -0.2) is 42.5 Å². The number of thiazole rings is 1. The molecular formula is C11H17N5O2S2. The summed E-state index contributed by atoms with van der Waals surface area (Å²) in [6.07, 6.45) is 2.76. The fraction of sp³-hybridized carbons (Fsp3) is 0.455. The Bertz CT molecular complexity index is 687. The van der Waals surface area contributed by atoms with E-state index in [4.69, 9.17) is 5.73 Å². The zero-order valence-electron chi connectivity index (χ0n) is 11.6. The summed E-state index contributed by atoms with van der Waals surface area (Å²) in [6, 6.07) is 0. The Hall–Kier alpha value is -1.61. The van der Waals surface area contributed by atoms with Gasteiger partial charge in [0.05, 0.1) is 0 Å². The van der Waals surface area contributed by atoms with Gasteiger partial charge in [0.25, 0.3) is 0 Å². The number of sulfone groups is 1. The average molecular weight is 315 g/mol. The number of rotatable bonds is 5. The van der Waals surface area contributed by atoms with E-state index in [1.807, 2.05) is 18.7 Å². The molecule has 0 saturated heterocycles. The van der Waals surface area contributed by atoms with E-state index in [9.17, 15) is 8.42 Å². The maximum atomic E-state index is 12.0. The zero-order valence-corrected chi connectivity index (χ0v) is 13.2. The van der Waals surface area contributed by atoms with Crippen molar-refractivity contribution in [3.8, 4) is 5.13 Å². The van der Waals surface area contributed by atoms with Crippen LogP contribution in [0.3, 0.4) is 0 Å². The summed E-state index contributed by atoms with van der Waals surface area (Å²) in [7, 11) is -3.47. The van der Waals surface area contributed by atoms with Crippen LogP contribution in [0.2, 0.25) is 0 Å². The van der Waals surface area contributed by atoms with Crippen molar-refractivity contribution in [2.45, 2.75) is 18.7 Å². The van der Waals surface area contributed by atoms with E-state index in [1.54, 1.807) is 11.6 Å². The average Bonchev–Trinajstić information content (AvgIpc) is 2.97. The molecule has 2 rings (SSSR count). The maximum Gasteiger partial charge on any atom is 0.212 e. The van der Waals surface area contributed by atoms with Gasteiger partial charge in [0.1, 0.15) is 0 Å². The molecule has 0 aliphatic carbocycles. The third-order valence-electron chi connectivity index (χ3n) is 2.89. The molecule has 0 unspecified atom stereocenters. The molecule has 2 aromatic heterocycles. The molecule has 7 nitrogen and oxygen atoms in total. The van der Waals surface area contributed by atoms with Crippen LogP contribution in [0, 0.1) is 0 Å². The molecular weight excluding hydrogens is 298 g/mol. The van der Waals surface area contributed by atoms with Gasteiger partial charge in [0.2, 0.25) is 5.13 Å². The highest BCUT2D eigenvalue weighted by molar-refractivity contribution is 7.91. The van der Waals surface area contributed by atoms with Crippen LogP contribution in [0.4, 0.5) is 11.6 Å². The van der Waals surface area contributed by atoms with E-state index in [2.05, 4.69) is 10.1 Å². The van der Waals surface area contributed by atoms with Crippen LogP contribution in [0.15, 0.2) is 16.5 Å². The predicted octanol–water partition coefficient (Wildman–Crippen LogP) is 1.16. The predicted molar refractivity (Wildman–Crippen MR) is 80.3 cm³/mol. The molecule has 0 aliphatic rings. The van der Waals surface area contributed by atoms with E-state index < -0.39 is 9.84 Å². The number of hydrogen-bond donors (Lipinski definition) is 1. The lowest BCUT2D eigenvalue weighted by Gasteiger charge is -2.18. The monoisotopic (exact) mass is 315 g/mol. The minimum absolute atomic E-state index is 0.0661. The molecule has 0 atom stereocenters. The first-order chi connectivity index (χ1) is 9.40. The van der Waals surface area contributed by atoms with Crippen molar-refractivity contribution in [2.24, 2.45) is 0 Å². The summed E-state index contributed by atoms with van der Waals surface area (Å²) >= 11 is 1.35. The molecule has 20 heavy (non-hydrogen) atoms. The molecule has 0 saturated carbocycles. The van der Waals surface area contributed by atoms with E-state index >= 15 is 0 Å². The summed E-state index contributed by atoms with van der Waals surface area (Å²) < 4.78 is 25.4. The molecule has 0 amide bonds. The molecule has 110 valence electrons. The van der Waals surface area contributed by atoms with Gasteiger partial charge in [-0.25, -0.2) is 13.4 Å². The van der Waals surface area contributed by atoms with Crippen LogP contribution < -0.4 is 10.6 Å². The summed E-state index contributed by atoms with van der Waals surface area (Å²) in [5, 5.41) is 6.68. The molecule has 2 aromatic rings. The normalized spacial score (nSPS) is 11.8. The Labute approximate surface area is 122 Å². The maximum absolute atomic E-state index is 12.0. The van der Waals surface area contributed by atoms with Gasteiger partial charge < -0.3 is 10.6 Å². The molecule has 0 aromatic carbocycles. The molecule has 0 radical (unpaired) electrons. The van der Waals surface area contributed by atoms with Crippen LogP contribution in [0.1, 0.15) is 13.8 Å². The largest absolute Gasteiger partial charge is 0.382 e. The van der Waals surface area contributed by atoms with Crippen LogP contribution in [0.5, 0.6) is 0 Å². The highest BCUT2D eigenvalue weighted by Crippen LogP contribution is 2.32. The van der Waals surface area contributed by atoms with Gasteiger partial charge in [0.15, 0.2) is 26.4 Å². The molecule has 2 heterocycles. The first-order valence-corrected chi connectivity index (χ1v) is 8.90. The van der Waals surface area contributed by atoms with E-state index in [-0.39, 0.29) is 10.7 Å². The Morgan fingerprint density at radius 3 is 2.50 bits per heavy atom. The van der Waals surface area contributed by atoms with Crippen molar-refractivity contribution >= 4 is 32.8 Å². The lowest BCUT2D eigenvalue weighted by atomic mass is 10.4. The van der Waals surface area contributed by atoms with E-state index in [1.165, 1.54) is 16.0 Å². The quantitative estimate of drug-likeness (QED) is 0.890. The number of hydrogen-bond acceptors (Lipinski definition) is 7. The highest BCUT2D eigenvalue weighted by atomic mass is 32.2. The second kappa shape index (κ2) is 5.41. The Morgan fingerprint density at radius 1 is 1.40 bits per heavy atom. The zero-order chi connectivity index (χ0) is 14.9. The number of nitrogens with zero attached hydrogens (tertiary/aromatic N) is 4. The second-order valence-corrected chi connectivity index (χ2v) is 7.03. The molecule has 0 aliphatic heterocycles. The van der Waals surface area contributed by atoms with Gasteiger partial charge >= 0.3 is 0 Å². The van der Waals surface area contributed by atoms with Crippen LogP contribution in [0.25, 0.3) is 5.13 Å². The Morgan fingerprint density at radius 2 is 2.05 bits per heavy atom. The van der Waals surface area contributed by atoms with Gasteiger partial charge in [-0.2, -0.15) is 4.68 Å². The smallest absolute Gasteiger partial charge is 0.212 e. The lowest BCUT2D eigenvalue weighted by molar-refractivity contribution is 0.602. The summed E-state index contributed by atoms with van der Waals surface area (Å²) in [5.74, 6) is 0.481. The minimum atomic E-state index is -3.47. The van der Waals surface area contributed by atoms with Crippen molar-refractivity contribution in [1.82, 2.24) is 14.8 Å². The third-order valence-corrected chi connectivity index (χ3v) is 4.77. The fourth-order valence-electron chi connectivity index (χ4n) is 1.96. The van der Waals surface area contributed by atoms with Crippen molar-refractivity contribution in [3.63, 3.8) is 0 Å². The van der Waals surface area contributed by atoms with Crippen molar-refractivity contribution in [1.29, 1.82) is 0 Å². The van der Waals surface area contributed by atoms with Crippen molar-refractivity contribution in [3.05, 3.63) is 11.6 Å². The van der Waals surface area contributed by atoms with Crippen molar-refractivity contribution in [2.75, 3.05) is 30.0 Å². The SMILES string of the molecule is CCN(CC)c1nn(-c2nccs2)c(N)c1S(C)(=O)=O. The topological polar surface area (TPSA) is 94.1 Å². The van der Waals surface area contributed by atoms with E-state index in [0.717, 1.165) is 6.26 Å². The Kier molecular flexibility index (Phi) is 4.00. The van der Waals surface area contributed by atoms with Gasteiger partial charge in [-0.1, -0.05) is 0 Å². The second-order valence-electron chi connectivity index (χ2n) is 4.21. The molecule has 2 N–H and O–H groups in total. The molecule has 0 fully saturated rings. The number of nitrogens with two attached hydrogens (primary N) is 1. The summed E-state index contributed by atoms with van der Waals surface area (Å²) in [4.78, 5) is 6.04. The van der Waals surface area contributed by atoms with Gasteiger partial charge in [-0.05, 0) is 13.8 Å². The van der Waals surface area contributed by atoms with Gasteiger partial charge in [0, 0.05) is 30.9 Å². The third kappa shape index (κ3) is 2.50. The van der Waals surface area contributed by atoms with Gasteiger partial charge in [-0.3, -0.25) is 0 Å². The highest BCUT2D eigenvalue weighted by Gasteiger charge is 2.27. The standard InChI is InChI=1S/C11H17N5O2S2/c1-4-15(5-2)10-8(20(3,17)18)9(12)16(14-10)11-13-6-7-19-11/h6-7H,4-5,12H2,1-3H3. The Balaban J connectivity index is 2.71. The van der Waals surface area contributed by atoms with Crippen LogP contribution in [-0.2, 0) is 9.84 Å². The van der Waals surface area contributed by atoms with Crippen LogP contribution >= 0.6 is 11.3 Å². The number of aromatic nitrogens is 3. The summed E-state index contributed by atoms with van der Waals surface area (Å²) in [6.45, 7) is 5.17. The number of anilines is 2. The minimum Gasteiger partial charge on any atom is -0.382 e. The van der Waals surface area contributed by atoms with Gasteiger partial charge in [-0.15, -0.1) is 16.4 Å².